The summed E-state index contributed by atoms with van der Waals surface area (Å²) in [6.07, 6.45) is 4.39. The molecule has 1 aromatic carbocycles. The van der Waals surface area contributed by atoms with Gasteiger partial charge in [0.05, 0.1) is 12.9 Å². The Hall–Kier alpha value is -2.14. The van der Waals surface area contributed by atoms with Gasteiger partial charge in [-0.05, 0) is 6.92 Å². The van der Waals surface area contributed by atoms with Crippen molar-refractivity contribution >= 4 is 5.97 Å². The second-order valence-electron chi connectivity index (χ2n) is 3.73. The Bertz CT molecular complexity index is 510. The zero-order chi connectivity index (χ0) is 13.0. The van der Waals surface area contributed by atoms with E-state index in [1.165, 1.54) is 23.3 Å². The summed E-state index contributed by atoms with van der Waals surface area (Å²) in [7, 11) is 0. The number of aromatic nitrogens is 2. The Kier molecular flexibility index (Phi) is 3.43. The lowest BCUT2D eigenvalue weighted by Crippen LogP contribution is -2.43. The highest BCUT2D eigenvalue weighted by Crippen LogP contribution is 2.24. The summed E-state index contributed by atoms with van der Waals surface area (Å²) < 4.78 is 6.27. The van der Waals surface area contributed by atoms with Crippen LogP contribution in [0.5, 0.6) is 0 Å². The van der Waals surface area contributed by atoms with Gasteiger partial charge in [0.2, 0.25) is 0 Å². The third-order valence-corrected chi connectivity index (χ3v) is 2.61. The molecule has 0 amide bonds. The van der Waals surface area contributed by atoms with Gasteiger partial charge in [0.1, 0.15) is 0 Å². The summed E-state index contributed by atoms with van der Waals surface area (Å²) in [6.45, 7) is 1.89. The second kappa shape index (κ2) is 5.01. The fraction of sp³-hybridized carbons (Fsp3) is 0.231. The number of carbonyl (C=O) groups excluding carboxylic acids is 1. The number of nitrogens with zero attached hydrogens (tertiary/aromatic N) is 2. The van der Waals surface area contributed by atoms with E-state index in [2.05, 4.69) is 4.98 Å². The fourth-order valence-corrected chi connectivity index (χ4v) is 1.73. The average Bonchev–Trinajstić information content (AvgIpc) is 2.93. The van der Waals surface area contributed by atoms with E-state index in [0.29, 0.717) is 5.56 Å². The van der Waals surface area contributed by atoms with Crippen molar-refractivity contribution in [1.82, 2.24) is 9.55 Å². The van der Waals surface area contributed by atoms with Crippen LogP contribution in [0.3, 0.4) is 0 Å². The summed E-state index contributed by atoms with van der Waals surface area (Å²) in [4.78, 5) is 15.9. The third kappa shape index (κ3) is 2.00. The van der Waals surface area contributed by atoms with Crippen molar-refractivity contribution in [3.05, 3.63) is 54.6 Å². The molecule has 0 saturated heterocycles. The zero-order valence-corrected chi connectivity index (χ0v) is 9.98. The molecule has 2 aromatic rings. The maximum Gasteiger partial charge on any atom is 0.365 e. The van der Waals surface area contributed by atoms with Gasteiger partial charge in [-0.25, -0.2) is 9.78 Å². The number of hydrogen-bond acceptors (Lipinski definition) is 4. The van der Waals surface area contributed by atoms with Crippen molar-refractivity contribution in [3.63, 3.8) is 0 Å². The number of imidazole rings is 1. The monoisotopic (exact) mass is 246 g/mol. The Morgan fingerprint density at radius 3 is 2.72 bits per heavy atom. The van der Waals surface area contributed by atoms with Gasteiger partial charge in [-0.3, -0.25) is 4.57 Å². The lowest BCUT2D eigenvalue weighted by molar-refractivity contribution is -0.170. The van der Waals surface area contributed by atoms with Crippen LogP contribution in [0.25, 0.3) is 0 Å². The minimum Gasteiger partial charge on any atom is -0.462 e. The summed E-state index contributed by atoms with van der Waals surface area (Å²) >= 11 is 0. The minimum absolute atomic E-state index is 0.197. The SMILES string of the molecule is CCOC(=O)C(O)(c1ccccc1)n1ccnc1. The van der Waals surface area contributed by atoms with Gasteiger partial charge in [-0.2, -0.15) is 0 Å². The van der Waals surface area contributed by atoms with Crippen LogP contribution in [0.15, 0.2) is 49.1 Å². The molecule has 0 saturated carbocycles. The molecule has 0 bridgehead atoms. The summed E-state index contributed by atoms with van der Waals surface area (Å²) in [5, 5.41) is 10.7. The lowest BCUT2D eigenvalue weighted by Gasteiger charge is -2.27. The Balaban J connectivity index is 2.50. The van der Waals surface area contributed by atoms with Gasteiger partial charge in [0.25, 0.3) is 5.72 Å². The normalized spacial score (nSPS) is 13.9. The number of benzene rings is 1. The Morgan fingerprint density at radius 1 is 1.44 bits per heavy atom. The number of esters is 1. The Morgan fingerprint density at radius 2 is 2.17 bits per heavy atom. The first-order valence-corrected chi connectivity index (χ1v) is 5.63. The van der Waals surface area contributed by atoms with Crippen molar-refractivity contribution in [1.29, 1.82) is 0 Å². The van der Waals surface area contributed by atoms with Crippen LogP contribution < -0.4 is 0 Å². The van der Waals surface area contributed by atoms with Crippen LogP contribution in [-0.2, 0) is 15.3 Å². The Labute approximate surface area is 105 Å². The molecule has 0 aliphatic rings. The van der Waals surface area contributed by atoms with Gasteiger partial charge in [-0.1, -0.05) is 30.3 Å². The second-order valence-corrected chi connectivity index (χ2v) is 3.73. The predicted octanol–water partition coefficient (Wildman–Crippen LogP) is 1.14. The molecule has 0 radical (unpaired) electrons. The molecule has 2 rings (SSSR count). The van der Waals surface area contributed by atoms with E-state index in [9.17, 15) is 9.90 Å². The number of rotatable bonds is 4. The average molecular weight is 246 g/mol. The number of ether oxygens (including phenoxy) is 1. The molecule has 1 aromatic heterocycles. The smallest absolute Gasteiger partial charge is 0.365 e. The first kappa shape index (κ1) is 12.3. The van der Waals surface area contributed by atoms with Gasteiger partial charge in [-0.15, -0.1) is 0 Å². The van der Waals surface area contributed by atoms with Crippen LogP contribution in [-0.4, -0.2) is 27.2 Å². The molecular weight excluding hydrogens is 232 g/mol. The molecule has 5 heteroatoms. The van der Waals surface area contributed by atoms with E-state index < -0.39 is 11.7 Å². The van der Waals surface area contributed by atoms with E-state index in [1.54, 1.807) is 31.2 Å². The molecule has 0 fully saturated rings. The molecule has 18 heavy (non-hydrogen) atoms. The van der Waals surface area contributed by atoms with E-state index >= 15 is 0 Å². The van der Waals surface area contributed by atoms with Crippen molar-refractivity contribution in [2.24, 2.45) is 0 Å². The van der Waals surface area contributed by atoms with Gasteiger partial charge >= 0.3 is 5.97 Å². The first-order valence-electron chi connectivity index (χ1n) is 5.63. The van der Waals surface area contributed by atoms with Crippen molar-refractivity contribution in [3.8, 4) is 0 Å². The number of carbonyl (C=O) groups is 1. The van der Waals surface area contributed by atoms with Gasteiger partial charge < -0.3 is 9.84 Å². The lowest BCUT2D eigenvalue weighted by atomic mass is 10.0. The van der Waals surface area contributed by atoms with E-state index in [1.807, 2.05) is 6.07 Å². The van der Waals surface area contributed by atoms with Gasteiger partial charge in [0, 0.05) is 18.0 Å². The van der Waals surface area contributed by atoms with Crippen molar-refractivity contribution in [2.75, 3.05) is 6.61 Å². The van der Waals surface area contributed by atoms with Crippen LogP contribution in [0.2, 0.25) is 0 Å². The highest BCUT2D eigenvalue weighted by atomic mass is 16.6. The van der Waals surface area contributed by atoms with E-state index in [-0.39, 0.29) is 6.61 Å². The first-order chi connectivity index (χ1) is 8.69. The summed E-state index contributed by atoms with van der Waals surface area (Å²) in [6, 6.07) is 8.63. The van der Waals surface area contributed by atoms with Crippen molar-refractivity contribution < 1.29 is 14.6 Å². The molecule has 1 N–H and O–H groups in total. The van der Waals surface area contributed by atoms with E-state index in [0.717, 1.165) is 0 Å². The molecule has 0 aliphatic carbocycles. The topological polar surface area (TPSA) is 64.3 Å². The van der Waals surface area contributed by atoms with E-state index in [4.69, 9.17) is 4.74 Å². The highest BCUT2D eigenvalue weighted by Gasteiger charge is 2.41. The fourth-order valence-electron chi connectivity index (χ4n) is 1.73. The molecular formula is C13H14N2O3. The molecule has 0 aliphatic heterocycles. The summed E-state index contributed by atoms with van der Waals surface area (Å²) in [5.74, 6) is -0.728. The van der Waals surface area contributed by atoms with Crippen LogP contribution >= 0.6 is 0 Å². The predicted molar refractivity (Wildman–Crippen MR) is 64.6 cm³/mol. The molecule has 0 spiro atoms. The van der Waals surface area contributed by atoms with Gasteiger partial charge in [0.15, 0.2) is 0 Å². The maximum absolute atomic E-state index is 12.0. The standard InChI is InChI=1S/C13H14N2O3/c1-2-18-12(16)13(17,15-9-8-14-10-15)11-6-4-3-5-7-11/h3-10,17H,2H2,1H3. The quantitative estimate of drug-likeness (QED) is 0.822. The van der Waals surface area contributed by atoms with Crippen molar-refractivity contribution in [2.45, 2.75) is 12.6 Å². The largest absolute Gasteiger partial charge is 0.462 e. The molecule has 1 atom stereocenters. The molecule has 94 valence electrons. The number of aliphatic hydroxyl groups is 1. The molecule has 1 unspecified atom stereocenters. The third-order valence-electron chi connectivity index (χ3n) is 2.61. The van der Waals surface area contributed by atoms with Crippen LogP contribution in [0, 0.1) is 0 Å². The maximum atomic E-state index is 12.0. The number of hydrogen-bond donors (Lipinski definition) is 1. The zero-order valence-electron chi connectivity index (χ0n) is 9.98. The van der Waals surface area contributed by atoms with Crippen LogP contribution in [0.1, 0.15) is 12.5 Å². The molecule has 1 heterocycles. The van der Waals surface area contributed by atoms with Crippen LogP contribution in [0.4, 0.5) is 0 Å². The minimum atomic E-state index is -1.88. The molecule has 5 nitrogen and oxygen atoms in total. The highest BCUT2D eigenvalue weighted by molar-refractivity contribution is 5.81. The summed E-state index contributed by atoms with van der Waals surface area (Å²) in [5.41, 5.74) is -1.45.